The molecule has 4 atom stereocenters. The predicted molar refractivity (Wildman–Crippen MR) is 68.4 cm³/mol. The number of rotatable bonds is 3. The van der Waals surface area contributed by atoms with Gasteiger partial charge in [-0.25, -0.2) is 9.37 Å². The van der Waals surface area contributed by atoms with Crippen LogP contribution in [-0.2, 0) is 0 Å². The van der Waals surface area contributed by atoms with E-state index in [9.17, 15) is 4.39 Å². The molecule has 2 aliphatic carbocycles. The van der Waals surface area contributed by atoms with E-state index >= 15 is 0 Å². The summed E-state index contributed by atoms with van der Waals surface area (Å²) >= 11 is 0. The molecule has 5 heteroatoms. The van der Waals surface area contributed by atoms with E-state index in [1.807, 2.05) is 0 Å². The summed E-state index contributed by atoms with van der Waals surface area (Å²) in [4.78, 5) is 7.56. The molecule has 2 bridgehead atoms. The molecule has 0 aliphatic heterocycles. The summed E-state index contributed by atoms with van der Waals surface area (Å²) in [5.41, 5.74) is 5.49. The zero-order chi connectivity index (χ0) is 12.7. The van der Waals surface area contributed by atoms with Crippen molar-refractivity contribution in [2.24, 2.45) is 17.8 Å². The van der Waals surface area contributed by atoms with Gasteiger partial charge in [0.2, 0.25) is 5.95 Å². The third-order valence-corrected chi connectivity index (χ3v) is 4.56. The molecule has 2 saturated carbocycles. The number of halogens is 1. The normalized spacial score (nSPS) is 31.6. The van der Waals surface area contributed by atoms with Gasteiger partial charge in [-0.3, -0.25) is 0 Å². The molecular weight excluding hydrogens is 231 g/mol. The van der Waals surface area contributed by atoms with Crippen molar-refractivity contribution in [1.29, 1.82) is 0 Å². The number of nitrogen functional groups attached to an aromatic ring is 1. The molecule has 0 aromatic carbocycles. The quantitative estimate of drug-likeness (QED) is 0.864. The van der Waals surface area contributed by atoms with Gasteiger partial charge in [0, 0.05) is 6.04 Å². The van der Waals surface area contributed by atoms with Crippen molar-refractivity contribution >= 4 is 11.8 Å². The number of hydrogen-bond acceptors (Lipinski definition) is 4. The van der Waals surface area contributed by atoms with Gasteiger partial charge in [0.25, 0.3) is 0 Å². The van der Waals surface area contributed by atoms with Gasteiger partial charge < -0.3 is 11.1 Å². The van der Waals surface area contributed by atoms with Gasteiger partial charge in [-0.05, 0) is 43.9 Å². The Morgan fingerprint density at radius 1 is 1.44 bits per heavy atom. The molecule has 0 amide bonds. The maximum atomic E-state index is 13.6. The van der Waals surface area contributed by atoms with Crippen molar-refractivity contribution in [2.45, 2.75) is 38.6 Å². The molecule has 0 radical (unpaired) electrons. The maximum Gasteiger partial charge on any atom is 0.222 e. The zero-order valence-corrected chi connectivity index (χ0v) is 10.6. The number of anilines is 2. The molecule has 2 aliphatic rings. The molecule has 0 spiro atoms. The molecule has 1 aromatic rings. The minimum atomic E-state index is -0.431. The van der Waals surface area contributed by atoms with E-state index in [0.717, 1.165) is 18.0 Å². The van der Waals surface area contributed by atoms with Crippen molar-refractivity contribution in [2.75, 3.05) is 11.1 Å². The zero-order valence-electron chi connectivity index (χ0n) is 10.6. The second-order valence-electron chi connectivity index (χ2n) is 5.70. The standard InChI is InChI=1S/C13H19FN4/c1-7(10-5-8-2-3-9(10)4-8)17-12-11(14)6-16-13(15)18-12/h6-10H,2-5H2,1H3,(H3,15,16,17,18). The van der Waals surface area contributed by atoms with E-state index in [1.165, 1.54) is 25.7 Å². The van der Waals surface area contributed by atoms with Crippen molar-refractivity contribution in [1.82, 2.24) is 9.97 Å². The Morgan fingerprint density at radius 2 is 2.28 bits per heavy atom. The van der Waals surface area contributed by atoms with Crippen molar-refractivity contribution in [3.8, 4) is 0 Å². The lowest BCUT2D eigenvalue weighted by molar-refractivity contribution is 0.303. The number of nitrogens with two attached hydrogens (primary N) is 1. The second kappa shape index (κ2) is 4.37. The Bertz CT molecular complexity index is 451. The topological polar surface area (TPSA) is 63.8 Å². The molecule has 3 N–H and O–H groups in total. The van der Waals surface area contributed by atoms with E-state index in [2.05, 4.69) is 22.2 Å². The van der Waals surface area contributed by atoms with Gasteiger partial charge in [0.05, 0.1) is 6.20 Å². The van der Waals surface area contributed by atoms with Crippen LogP contribution in [0.25, 0.3) is 0 Å². The lowest BCUT2D eigenvalue weighted by atomic mass is 9.84. The highest BCUT2D eigenvalue weighted by Gasteiger charge is 2.41. The van der Waals surface area contributed by atoms with Crippen LogP contribution in [0.4, 0.5) is 16.2 Å². The number of aromatic nitrogens is 2. The van der Waals surface area contributed by atoms with Crippen molar-refractivity contribution < 1.29 is 4.39 Å². The molecule has 3 rings (SSSR count). The van der Waals surface area contributed by atoms with E-state index in [0.29, 0.717) is 5.92 Å². The summed E-state index contributed by atoms with van der Waals surface area (Å²) in [6.07, 6.45) is 6.45. The Balaban J connectivity index is 1.70. The number of hydrogen-bond donors (Lipinski definition) is 2. The van der Waals surface area contributed by atoms with Crippen LogP contribution >= 0.6 is 0 Å². The Kier molecular flexibility index (Phi) is 2.84. The Hall–Kier alpha value is -1.39. The molecule has 0 saturated heterocycles. The minimum absolute atomic E-state index is 0.110. The van der Waals surface area contributed by atoms with Crippen LogP contribution in [0.1, 0.15) is 32.6 Å². The van der Waals surface area contributed by atoms with Crippen LogP contribution in [0.5, 0.6) is 0 Å². The molecule has 2 fully saturated rings. The lowest BCUT2D eigenvalue weighted by Gasteiger charge is -2.28. The first kappa shape index (κ1) is 11.7. The number of fused-ring (bicyclic) bond motifs is 2. The predicted octanol–water partition coefficient (Wildman–Crippen LogP) is 2.43. The summed E-state index contributed by atoms with van der Waals surface area (Å²) in [5.74, 6) is 2.25. The number of nitrogens with one attached hydrogen (secondary N) is 1. The Morgan fingerprint density at radius 3 is 2.94 bits per heavy atom. The molecule has 1 aromatic heterocycles. The summed E-state index contributed by atoms with van der Waals surface area (Å²) in [6.45, 7) is 2.11. The SMILES string of the molecule is CC(Nc1nc(N)ncc1F)C1CC2CCC1C2. The van der Waals surface area contributed by atoms with E-state index in [4.69, 9.17) is 5.73 Å². The monoisotopic (exact) mass is 250 g/mol. The molecule has 4 unspecified atom stereocenters. The molecule has 18 heavy (non-hydrogen) atoms. The first-order chi connectivity index (χ1) is 8.63. The average molecular weight is 250 g/mol. The number of nitrogens with zero attached hydrogens (tertiary/aromatic N) is 2. The van der Waals surface area contributed by atoms with Crippen LogP contribution in [0.2, 0.25) is 0 Å². The molecule has 1 heterocycles. The smallest absolute Gasteiger partial charge is 0.222 e. The first-order valence-corrected chi connectivity index (χ1v) is 6.68. The van der Waals surface area contributed by atoms with Gasteiger partial charge in [-0.2, -0.15) is 4.98 Å². The first-order valence-electron chi connectivity index (χ1n) is 6.68. The highest BCUT2D eigenvalue weighted by Crippen LogP contribution is 2.49. The molecule has 98 valence electrons. The Labute approximate surface area is 106 Å². The fourth-order valence-corrected chi connectivity index (χ4v) is 3.71. The summed E-state index contributed by atoms with van der Waals surface area (Å²) in [5, 5.41) is 3.17. The third-order valence-electron chi connectivity index (χ3n) is 4.56. The van der Waals surface area contributed by atoms with Crippen LogP contribution in [0.3, 0.4) is 0 Å². The fraction of sp³-hybridized carbons (Fsp3) is 0.692. The van der Waals surface area contributed by atoms with Gasteiger partial charge in [0.15, 0.2) is 11.6 Å². The van der Waals surface area contributed by atoms with Crippen LogP contribution in [0.15, 0.2) is 6.20 Å². The molecular formula is C13H19FN4. The highest BCUT2D eigenvalue weighted by molar-refractivity contribution is 5.40. The molecule has 4 nitrogen and oxygen atoms in total. The van der Waals surface area contributed by atoms with Crippen LogP contribution in [-0.4, -0.2) is 16.0 Å². The van der Waals surface area contributed by atoms with Gasteiger partial charge >= 0.3 is 0 Å². The largest absolute Gasteiger partial charge is 0.368 e. The summed E-state index contributed by atoms with van der Waals surface area (Å²) < 4.78 is 13.6. The van der Waals surface area contributed by atoms with Gasteiger partial charge in [-0.15, -0.1) is 0 Å². The van der Waals surface area contributed by atoms with E-state index in [1.54, 1.807) is 0 Å². The van der Waals surface area contributed by atoms with E-state index in [-0.39, 0.29) is 17.8 Å². The van der Waals surface area contributed by atoms with Crippen LogP contribution < -0.4 is 11.1 Å². The third kappa shape index (κ3) is 2.02. The minimum Gasteiger partial charge on any atom is -0.368 e. The van der Waals surface area contributed by atoms with Crippen molar-refractivity contribution in [3.63, 3.8) is 0 Å². The summed E-state index contributed by atoms with van der Waals surface area (Å²) in [6, 6.07) is 0.240. The van der Waals surface area contributed by atoms with Gasteiger partial charge in [-0.1, -0.05) is 6.42 Å². The maximum absolute atomic E-state index is 13.6. The fourth-order valence-electron chi connectivity index (χ4n) is 3.71. The van der Waals surface area contributed by atoms with Gasteiger partial charge in [0.1, 0.15) is 0 Å². The van der Waals surface area contributed by atoms with E-state index < -0.39 is 5.82 Å². The summed E-state index contributed by atoms with van der Waals surface area (Å²) in [7, 11) is 0. The van der Waals surface area contributed by atoms with Crippen molar-refractivity contribution in [3.05, 3.63) is 12.0 Å². The lowest BCUT2D eigenvalue weighted by Crippen LogP contribution is -2.30. The second-order valence-corrected chi connectivity index (χ2v) is 5.70. The van der Waals surface area contributed by atoms with Crippen LogP contribution in [0, 0.1) is 23.6 Å². The highest BCUT2D eigenvalue weighted by atomic mass is 19.1. The average Bonchev–Trinajstić information content (AvgIpc) is 2.96.